The van der Waals surface area contributed by atoms with Crippen LogP contribution in [0.1, 0.15) is 111 Å². The van der Waals surface area contributed by atoms with Crippen molar-refractivity contribution >= 4 is 5.97 Å². The first-order valence-corrected chi connectivity index (χ1v) is 33.1. The van der Waals surface area contributed by atoms with Gasteiger partial charge >= 0.3 is 5.97 Å². The zero-order chi connectivity index (χ0) is 62.4. The minimum atomic E-state index is -1.09. The fourth-order valence-electron chi connectivity index (χ4n) is 13.4. The molecule has 2 aliphatic heterocycles. The second kappa shape index (κ2) is 34.5. The van der Waals surface area contributed by atoms with E-state index in [9.17, 15) is 0 Å². The average Bonchev–Trinajstić information content (AvgIpc) is 1.58. The van der Waals surface area contributed by atoms with Crippen LogP contribution in [0.4, 0.5) is 0 Å². The summed E-state index contributed by atoms with van der Waals surface area (Å²) in [7, 11) is 0. The molecule has 4 fully saturated rings. The Morgan fingerprint density at radius 2 is 0.824 bits per heavy atom. The van der Waals surface area contributed by atoms with Crippen LogP contribution in [-0.2, 0) is 108 Å². The van der Waals surface area contributed by atoms with Crippen molar-refractivity contribution in [3.63, 3.8) is 0 Å². The van der Waals surface area contributed by atoms with Crippen LogP contribution < -0.4 is 0 Å². The topological polar surface area (TPSA) is 128 Å². The van der Waals surface area contributed by atoms with Gasteiger partial charge in [-0.25, -0.2) is 4.79 Å². The van der Waals surface area contributed by atoms with E-state index in [1.165, 1.54) is 0 Å². The average molecular weight is 1240 g/mol. The summed E-state index contributed by atoms with van der Waals surface area (Å²) in [5, 5.41) is 0. The van der Waals surface area contributed by atoms with Gasteiger partial charge in [0, 0.05) is 0 Å². The molecule has 0 radical (unpaired) electrons. The molecule has 482 valence electrons. The standard InChI is InChI=1S/C78H92O13/c1-55-44-56(2)69(91-77-74(84-51-63-38-22-9-23-39-63)72(83-50-62-36-20-8-21-37-62)70(57(3)87-77)81-48-60-32-16-6-17-33-60)66(45-55)89-78-75(85-52-64-40-24-10-25-41-64)73(88-67(46-58-28-12-4-13-29-58)76(79)86-53-65-42-26-11-27-43-65)71(82-49-61-34-18-7-19-35-61)68(90-78)54-80-47-59-30-14-5-15-31-59/h5-11,14-27,30-43,55-58,66-75,77-78H,4,12-13,28-29,44-54H2,1-3H3/t55-,56-,57+,66+,67-,68+,69-,70-,71-,72-,73-,74+,75+,77-,78-/m0/s1. The van der Waals surface area contributed by atoms with Crippen LogP contribution >= 0.6 is 0 Å². The highest BCUT2D eigenvalue weighted by molar-refractivity contribution is 5.74. The fourth-order valence-corrected chi connectivity index (χ4v) is 13.4. The predicted octanol–water partition coefficient (Wildman–Crippen LogP) is 14.9. The lowest BCUT2D eigenvalue weighted by Gasteiger charge is -2.50. The van der Waals surface area contributed by atoms with E-state index in [-0.39, 0.29) is 50.8 Å². The summed E-state index contributed by atoms with van der Waals surface area (Å²) in [6.45, 7) is 8.39. The predicted molar refractivity (Wildman–Crippen MR) is 348 cm³/mol. The van der Waals surface area contributed by atoms with Crippen molar-refractivity contribution in [2.24, 2.45) is 17.8 Å². The summed E-state index contributed by atoms with van der Waals surface area (Å²) in [6, 6.07) is 70.5. The van der Waals surface area contributed by atoms with Crippen molar-refractivity contribution < 1.29 is 61.6 Å². The highest BCUT2D eigenvalue weighted by atomic mass is 16.8. The normalized spacial score (nSPS) is 27.4. The van der Waals surface area contributed by atoms with Crippen LogP contribution in [-0.4, -0.2) is 92.3 Å². The molecule has 4 aliphatic rings. The van der Waals surface area contributed by atoms with Crippen molar-refractivity contribution in [3.8, 4) is 0 Å². The summed E-state index contributed by atoms with van der Waals surface area (Å²) < 4.78 is 85.6. The molecule has 2 heterocycles. The van der Waals surface area contributed by atoms with Gasteiger partial charge in [-0.15, -0.1) is 0 Å². The van der Waals surface area contributed by atoms with Crippen molar-refractivity contribution in [2.45, 2.75) is 198 Å². The monoisotopic (exact) mass is 1240 g/mol. The first-order valence-electron chi connectivity index (χ1n) is 33.1. The maximum atomic E-state index is 15.0. The lowest BCUT2D eigenvalue weighted by Crippen LogP contribution is -2.64. The number of hydrogen-bond donors (Lipinski definition) is 0. The van der Waals surface area contributed by atoms with Gasteiger partial charge in [0.1, 0.15) is 49.3 Å². The molecule has 0 bridgehead atoms. The molecule has 0 aromatic heterocycles. The molecular formula is C78H92O13. The van der Waals surface area contributed by atoms with Gasteiger partial charge < -0.3 is 56.8 Å². The quantitative estimate of drug-likeness (QED) is 0.0397. The summed E-state index contributed by atoms with van der Waals surface area (Å²) in [5.41, 5.74) is 6.85. The second-order valence-corrected chi connectivity index (χ2v) is 25.3. The first-order chi connectivity index (χ1) is 44.8. The van der Waals surface area contributed by atoms with E-state index < -0.39 is 85.7 Å². The largest absolute Gasteiger partial charge is 0.459 e. The van der Waals surface area contributed by atoms with Crippen LogP contribution in [0.25, 0.3) is 0 Å². The molecule has 0 unspecified atom stereocenters. The highest BCUT2D eigenvalue weighted by Gasteiger charge is 2.54. The third kappa shape index (κ3) is 19.3. The molecular weight excluding hydrogens is 1140 g/mol. The maximum absolute atomic E-state index is 15.0. The van der Waals surface area contributed by atoms with Gasteiger partial charge in [0.25, 0.3) is 0 Å². The van der Waals surface area contributed by atoms with E-state index in [4.69, 9.17) is 56.8 Å². The lowest BCUT2D eigenvalue weighted by atomic mass is 9.79. The number of esters is 1. The molecule has 7 aromatic rings. The van der Waals surface area contributed by atoms with Gasteiger partial charge in [0.15, 0.2) is 18.7 Å². The van der Waals surface area contributed by atoms with Crippen LogP contribution in [0, 0.1) is 17.8 Å². The molecule has 0 N–H and O–H groups in total. The van der Waals surface area contributed by atoms with Crippen LogP contribution in [0.3, 0.4) is 0 Å². The Morgan fingerprint density at radius 1 is 0.418 bits per heavy atom. The van der Waals surface area contributed by atoms with Gasteiger partial charge in [0.2, 0.25) is 0 Å². The summed E-state index contributed by atoms with van der Waals surface area (Å²) >= 11 is 0. The molecule has 13 nitrogen and oxygen atoms in total. The SMILES string of the molecule is C[C@H]1C[C@H](C)[C@H](O[C@@H]2O[C@H](C)[C@H](OCc3ccccc3)[C@H](OCc3ccccc3)[C@H]2OCc2ccccc2)[C@H](O[C@H]2O[C@H](COCc3ccccc3)[C@H](OCc3ccccc3)[C@H](O[C@@H](CC3CCCCC3)C(=O)OCc3ccccc3)[C@H]2OCc2ccccc2)C1. The van der Waals surface area contributed by atoms with E-state index in [1.54, 1.807) is 0 Å². The summed E-state index contributed by atoms with van der Waals surface area (Å²) in [6.07, 6.45) is -2.72. The zero-order valence-electron chi connectivity index (χ0n) is 53.1. The molecule has 15 atom stereocenters. The van der Waals surface area contributed by atoms with E-state index in [2.05, 4.69) is 50.2 Å². The molecule has 13 heteroatoms. The van der Waals surface area contributed by atoms with Crippen LogP contribution in [0.15, 0.2) is 212 Å². The summed E-state index contributed by atoms with van der Waals surface area (Å²) in [5.74, 6) is 0.0182. The first kappa shape index (κ1) is 66.0. The van der Waals surface area contributed by atoms with Crippen LogP contribution in [0.2, 0.25) is 0 Å². The molecule has 0 spiro atoms. The van der Waals surface area contributed by atoms with Crippen molar-refractivity contribution in [1.29, 1.82) is 0 Å². The van der Waals surface area contributed by atoms with Crippen LogP contribution in [0.5, 0.6) is 0 Å². The van der Waals surface area contributed by atoms with Crippen molar-refractivity contribution in [3.05, 3.63) is 251 Å². The molecule has 2 saturated heterocycles. The Balaban J connectivity index is 0.956. The number of ether oxygens (including phenoxy) is 12. The smallest absolute Gasteiger partial charge is 0.335 e. The Labute approximate surface area is 538 Å². The molecule has 2 aliphatic carbocycles. The van der Waals surface area contributed by atoms with Gasteiger partial charge in [-0.05, 0) is 82.9 Å². The van der Waals surface area contributed by atoms with Gasteiger partial charge in [-0.3, -0.25) is 0 Å². The third-order valence-electron chi connectivity index (χ3n) is 18.2. The Bertz CT molecular complexity index is 3140. The Hall–Kier alpha value is -6.43. The molecule has 91 heavy (non-hydrogen) atoms. The Morgan fingerprint density at radius 3 is 1.31 bits per heavy atom. The molecule has 0 amide bonds. The summed E-state index contributed by atoms with van der Waals surface area (Å²) in [4.78, 5) is 15.0. The van der Waals surface area contributed by atoms with E-state index in [1.807, 2.05) is 183 Å². The molecule has 11 rings (SSSR count). The van der Waals surface area contributed by atoms with Crippen molar-refractivity contribution in [2.75, 3.05) is 6.61 Å². The fraction of sp³-hybridized carbons (Fsp3) is 0.449. The third-order valence-corrected chi connectivity index (χ3v) is 18.2. The molecule has 2 saturated carbocycles. The lowest BCUT2D eigenvalue weighted by molar-refractivity contribution is -0.364. The number of carbonyl (C=O) groups excluding carboxylic acids is 1. The number of rotatable bonds is 30. The maximum Gasteiger partial charge on any atom is 0.335 e. The van der Waals surface area contributed by atoms with Gasteiger partial charge in [-0.2, -0.15) is 0 Å². The van der Waals surface area contributed by atoms with E-state index in [0.29, 0.717) is 32.7 Å². The second-order valence-electron chi connectivity index (χ2n) is 25.3. The highest BCUT2D eigenvalue weighted by Crippen LogP contribution is 2.41. The number of benzene rings is 7. The van der Waals surface area contributed by atoms with Gasteiger partial charge in [0.05, 0.1) is 64.6 Å². The van der Waals surface area contributed by atoms with E-state index in [0.717, 1.165) is 77.5 Å². The van der Waals surface area contributed by atoms with Crippen molar-refractivity contribution in [1.82, 2.24) is 0 Å². The molecule has 7 aromatic carbocycles. The Kier molecular flexibility index (Phi) is 25.0. The number of hydrogen-bond acceptors (Lipinski definition) is 13. The minimum absolute atomic E-state index is 0.0243. The zero-order valence-corrected chi connectivity index (χ0v) is 53.1. The van der Waals surface area contributed by atoms with E-state index >= 15 is 4.79 Å². The van der Waals surface area contributed by atoms with Gasteiger partial charge in [-0.1, -0.05) is 258 Å². The minimum Gasteiger partial charge on any atom is -0.459 e. The number of carbonyl (C=O) groups is 1.